The van der Waals surface area contributed by atoms with Crippen molar-refractivity contribution in [2.45, 2.75) is 6.54 Å². The van der Waals surface area contributed by atoms with Gasteiger partial charge in [-0.2, -0.15) is 0 Å². The summed E-state index contributed by atoms with van der Waals surface area (Å²) in [5.74, 6) is -0.355. The highest BCUT2D eigenvalue weighted by molar-refractivity contribution is 9.10. The fraction of sp³-hybridized carbons (Fsp3) is 0.154. The molecule has 1 aromatic carbocycles. The van der Waals surface area contributed by atoms with Gasteiger partial charge < -0.3 is 14.5 Å². The van der Waals surface area contributed by atoms with E-state index in [0.717, 1.165) is 0 Å². The van der Waals surface area contributed by atoms with Crippen LogP contribution in [0.2, 0.25) is 10.0 Å². The predicted molar refractivity (Wildman–Crippen MR) is 81.5 cm³/mol. The van der Waals surface area contributed by atoms with Gasteiger partial charge in [0.15, 0.2) is 0 Å². The lowest BCUT2D eigenvalue weighted by Gasteiger charge is -2.10. The molecule has 2 rings (SSSR count). The van der Waals surface area contributed by atoms with Crippen LogP contribution in [0.25, 0.3) is 0 Å². The number of hydrogen-bond donors (Lipinski definition) is 1. The Morgan fingerprint density at radius 1 is 1.35 bits per heavy atom. The average molecular weight is 379 g/mol. The molecule has 7 heteroatoms. The first-order valence-corrected chi connectivity index (χ1v) is 7.11. The minimum Gasteiger partial charge on any atom is -0.463 e. The van der Waals surface area contributed by atoms with Crippen molar-refractivity contribution in [2.24, 2.45) is 0 Å². The number of carbonyl (C=O) groups is 1. The van der Waals surface area contributed by atoms with E-state index in [-0.39, 0.29) is 5.76 Å². The van der Waals surface area contributed by atoms with Crippen molar-refractivity contribution in [3.63, 3.8) is 0 Å². The van der Waals surface area contributed by atoms with Crippen LogP contribution in [0.4, 0.5) is 5.69 Å². The summed E-state index contributed by atoms with van der Waals surface area (Å²) in [4.78, 5) is 11.5. The molecule has 0 atom stereocenters. The second-order valence-electron chi connectivity index (χ2n) is 3.84. The Morgan fingerprint density at radius 2 is 2.10 bits per heavy atom. The second kappa shape index (κ2) is 6.52. The Balaban J connectivity index is 2.16. The smallest absolute Gasteiger partial charge is 0.374 e. The lowest BCUT2D eigenvalue weighted by molar-refractivity contribution is 0.0563. The SMILES string of the molecule is COC(=O)c1occc1CNc1ccc(Br)c(Cl)c1Cl. The Bertz CT molecular complexity index is 643. The Morgan fingerprint density at radius 3 is 2.80 bits per heavy atom. The normalized spacial score (nSPS) is 10.4. The van der Waals surface area contributed by atoms with Gasteiger partial charge in [-0.05, 0) is 34.1 Å². The summed E-state index contributed by atoms with van der Waals surface area (Å²) in [6.07, 6.45) is 1.43. The third-order valence-electron chi connectivity index (χ3n) is 2.62. The molecule has 1 heterocycles. The maximum Gasteiger partial charge on any atom is 0.374 e. The maximum absolute atomic E-state index is 11.5. The molecule has 0 aliphatic heterocycles. The topological polar surface area (TPSA) is 51.5 Å². The fourth-order valence-electron chi connectivity index (χ4n) is 1.60. The number of hydrogen-bond acceptors (Lipinski definition) is 4. The van der Waals surface area contributed by atoms with Crippen LogP contribution in [0, 0.1) is 0 Å². The highest BCUT2D eigenvalue weighted by atomic mass is 79.9. The summed E-state index contributed by atoms with van der Waals surface area (Å²) in [5.41, 5.74) is 1.34. The molecule has 0 unspecified atom stereocenters. The van der Waals surface area contributed by atoms with Crippen LogP contribution in [0.5, 0.6) is 0 Å². The van der Waals surface area contributed by atoms with E-state index in [1.54, 1.807) is 18.2 Å². The van der Waals surface area contributed by atoms with E-state index in [1.165, 1.54) is 13.4 Å². The molecular formula is C13H10BrCl2NO3. The standard InChI is InChI=1S/C13H10BrCl2NO3/c1-19-13(18)12-7(4-5-20-12)6-17-9-3-2-8(14)10(15)11(9)16/h2-5,17H,6H2,1H3. The zero-order chi connectivity index (χ0) is 14.7. The highest BCUT2D eigenvalue weighted by Gasteiger charge is 2.16. The number of anilines is 1. The molecule has 1 aromatic heterocycles. The van der Waals surface area contributed by atoms with E-state index < -0.39 is 5.97 Å². The van der Waals surface area contributed by atoms with Crippen LogP contribution in [-0.4, -0.2) is 13.1 Å². The Kier molecular flexibility index (Phi) is 4.96. The molecule has 0 fully saturated rings. The van der Waals surface area contributed by atoms with Gasteiger partial charge in [0.1, 0.15) is 0 Å². The van der Waals surface area contributed by atoms with Gasteiger partial charge >= 0.3 is 5.97 Å². The van der Waals surface area contributed by atoms with E-state index in [4.69, 9.17) is 27.6 Å². The molecular weight excluding hydrogens is 369 g/mol. The van der Waals surface area contributed by atoms with Crippen molar-refractivity contribution in [2.75, 3.05) is 12.4 Å². The zero-order valence-corrected chi connectivity index (χ0v) is 13.5. The summed E-state index contributed by atoms with van der Waals surface area (Å²) in [6.45, 7) is 0.360. The number of methoxy groups -OCH3 is 1. The van der Waals surface area contributed by atoms with Crippen LogP contribution in [0.3, 0.4) is 0 Å². The van der Waals surface area contributed by atoms with Crippen molar-refractivity contribution in [3.8, 4) is 0 Å². The molecule has 1 N–H and O–H groups in total. The van der Waals surface area contributed by atoms with Gasteiger partial charge in [-0.1, -0.05) is 23.2 Å². The largest absolute Gasteiger partial charge is 0.463 e. The van der Waals surface area contributed by atoms with Crippen LogP contribution in [0.1, 0.15) is 16.1 Å². The monoisotopic (exact) mass is 377 g/mol. The van der Waals surface area contributed by atoms with E-state index in [0.29, 0.717) is 32.3 Å². The van der Waals surface area contributed by atoms with E-state index >= 15 is 0 Å². The fourth-order valence-corrected chi connectivity index (χ4v) is 2.44. The van der Waals surface area contributed by atoms with Gasteiger partial charge in [-0.3, -0.25) is 0 Å². The third kappa shape index (κ3) is 3.11. The van der Waals surface area contributed by atoms with Gasteiger partial charge in [0.2, 0.25) is 5.76 Å². The first-order valence-electron chi connectivity index (χ1n) is 5.56. The minimum atomic E-state index is -0.522. The average Bonchev–Trinajstić information content (AvgIpc) is 2.91. The van der Waals surface area contributed by atoms with Crippen LogP contribution in [0.15, 0.2) is 33.4 Å². The number of rotatable bonds is 4. The van der Waals surface area contributed by atoms with Crippen molar-refractivity contribution in [3.05, 3.63) is 50.3 Å². The number of carbonyl (C=O) groups excluding carboxylic acids is 1. The summed E-state index contributed by atoms with van der Waals surface area (Å²) in [5, 5.41) is 3.93. The molecule has 0 bridgehead atoms. The molecule has 0 amide bonds. The number of nitrogens with one attached hydrogen (secondary N) is 1. The molecule has 0 aliphatic rings. The number of furan rings is 1. The lowest BCUT2D eigenvalue weighted by atomic mass is 10.2. The van der Waals surface area contributed by atoms with E-state index in [9.17, 15) is 4.79 Å². The molecule has 106 valence electrons. The molecule has 0 saturated heterocycles. The number of ether oxygens (including phenoxy) is 1. The summed E-state index contributed by atoms with van der Waals surface area (Å²) in [6, 6.07) is 5.26. The molecule has 0 aliphatic carbocycles. The highest BCUT2D eigenvalue weighted by Crippen LogP contribution is 2.36. The molecule has 0 radical (unpaired) electrons. The van der Waals surface area contributed by atoms with Gasteiger partial charge in [0.25, 0.3) is 0 Å². The van der Waals surface area contributed by atoms with Crippen LogP contribution >= 0.6 is 39.1 Å². The summed E-state index contributed by atoms with van der Waals surface area (Å²) in [7, 11) is 1.30. The van der Waals surface area contributed by atoms with Gasteiger partial charge in [-0.25, -0.2) is 4.79 Å². The predicted octanol–water partition coefficient (Wildman–Crippen LogP) is 4.75. The first-order chi connectivity index (χ1) is 9.54. The van der Waals surface area contributed by atoms with E-state index in [2.05, 4.69) is 26.0 Å². The molecule has 20 heavy (non-hydrogen) atoms. The summed E-state index contributed by atoms with van der Waals surface area (Å²) >= 11 is 15.5. The Hall–Kier alpha value is -1.17. The van der Waals surface area contributed by atoms with Crippen molar-refractivity contribution in [1.29, 1.82) is 0 Å². The van der Waals surface area contributed by atoms with Gasteiger partial charge in [0, 0.05) is 16.6 Å². The quantitative estimate of drug-likeness (QED) is 0.616. The molecule has 2 aromatic rings. The van der Waals surface area contributed by atoms with Crippen molar-refractivity contribution in [1.82, 2.24) is 0 Å². The second-order valence-corrected chi connectivity index (χ2v) is 5.45. The van der Waals surface area contributed by atoms with Crippen molar-refractivity contribution >= 4 is 50.8 Å². The van der Waals surface area contributed by atoms with E-state index in [1.807, 2.05) is 0 Å². The van der Waals surface area contributed by atoms with Gasteiger partial charge in [0.05, 0.1) is 29.1 Å². The van der Waals surface area contributed by atoms with Crippen LogP contribution < -0.4 is 5.32 Å². The van der Waals surface area contributed by atoms with Crippen LogP contribution in [-0.2, 0) is 11.3 Å². The Labute approximate surface area is 134 Å². The third-order valence-corrected chi connectivity index (χ3v) is 4.39. The molecule has 0 spiro atoms. The molecule has 0 saturated carbocycles. The van der Waals surface area contributed by atoms with Crippen molar-refractivity contribution < 1.29 is 13.9 Å². The summed E-state index contributed by atoms with van der Waals surface area (Å²) < 4.78 is 10.4. The number of esters is 1. The number of benzene rings is 1. The zero-order valence-electron chi connectivity index (χ0n) is 10.4. The minimum absolute atomic E-state index is 0.166. The van der Waals surface area contributed by atoms with Gasteiger partial charge in [-0.15, -0.1) is 0 Å². The lowest BCUT2D eigenvalue weighted by Crippen LogP contribution is -2.07. The number of halogens is 3. The molecule has 4 nitrogen and oxygen atoms in total. The first kappa shape index (κ1) is 15.2. The maximum atomic E-state index is 11.5.